The van der Waals surface area contributed by atoms with E-state index in [1.54, 1.807) is 0 Å². The predicted octanol–water partition coefficient (Wildman–Crippen LogP) is 4.99. The van der Waals surface area contributed by atoms with Gasteiger partial charge in [-0.15, -0.1) is 0 Å². The molecule has 0 unspecified atom stereocenters. The van der Waals surface area contributed by atoms with Gasteiger partial charge in [0.25, 0.3) is 0 Å². The molecule has 1 heterocycles. The van der Waals surface area contributed by atoms with Crippen LogP contribution < -0.4 is 14.8 Å². The van der Waals surface area contributed by atoms with Crippen LogP contribution in [-0.2, 0) is 6.54 Å². The summed E-state index contributed by atoms with van der Waals surface area (Å²) < 4.78 is 13.4. The third-order valence-electron chi connectivity index (χ3n) is 3.24. The molecule has 0 radical (unpaired) electrons. The number of benzene rings is 2. The fourth-order valence-electron chi connectivity index (χ4n) is 2.17. The van der Waals surface area contributed by atoms with E-state index >= 15 is 0 Å². The molecule has 1 aliphatic heterocycles. The topological polar surface area (TPSA) is 30.5 Å². The van der Waals surface area contributed by atoms with E-state index in [1.165, 1.54) is 0 Å². The first-order valence-corrected chi connectivity index (χ1v) is 8.39. The van der Waals surface area contributed by atoms with Crippen LogP contribution in [0, 0.1) is 0 Å². The first-order chi connectivity index (χ1) is 10.2. The Morgan fingerprint density at radius 1 is 0.952 bits per heavy atom. The van der Waals surface area contributed by atoms with E-state index in [9.17, 15) is 0 Å². The van der Waals surface area contributed by atoms with Crippen LogP contribution in [-0.4, -0.2) is 13.2 Å². The molecule has 0 bridgehead atoms. The van der Waals surface area contributed by atoms with Crippen molar-refractivity contribution in [2.24, 2.45) is 0 Å². The van der Waals surface area contributed by atoms with Crippen LogP contribution in [0.3, 0.4) is 0 Å². The van der Waals surface area contributed by atoms with Crippen LogP contribution in [0.5, 0.6) is 11.5 Å². The van der Waals surface area contributed by atoms with E-state index in [0.29, 0.717) is 13.2 Å². The van der Waals surface area contributed by atoms with Crippen LogP contribution in [0.25, 0.3) is 0 Å². The largest absolute Gasteiger partial charge is 0.490 e. The summed E-state index contributed by atoms with van der Waals surface area (Å²) in [6, 6.07) is 12.1. The molecule has 0 aromatic heterocycles. The highest BCUT2D eigenvalue weighted by molar-refractivity contribution is 9.11. The summed E-state index contributed by atoms with van der Waals surface area (Å²) in [5.74, 6) is 1.66. The Bertz CT molecular complexity index is 626. The van der Waals surface area contributed by atoms with E-state index < -0.39 is 0 Å². The quantitative estimate of drug-likeness (QED) is 0.770. The molecule has 0 saturated carbocycles. The zero-order valence-corrected chi connectivity index (χ0v) is 14.5. The molecule has 0 saturated heterocycles. The van der Waals surface area contributed by atoms with Gasteiger partial charge in [-0.1, -0.05) is 12.1 Å². The van der Waals surface area contributed by atoms with Crippen LogP contribution in [0.4, 0.5) is 5.69 Å². The highest BCUT2D eigenvalue weighted by Crippen LogP contribution is 2.33. The molecule has 1 N–H and O–H groups in total. The molecule has 3 nitrogen and oxygen atoms in total. The van der Waals surface area contributed by atoms with Crippen molar-refractivity contribution in [1.82, 2.24) is 0 Å². The van der Waals surface area contributed by atoms with Crippen LogP contribution in [0.1, 0.15) is 12.0 Å². The first-order valence-electron chi connectivity index (χ1n) is 6.80. The molecule has 0 fully saturated rings. The van der Waals surface area contributed by atoms with E-state index in [-0.39, 0.29) is 0 Å². The van der Waals surface area contributed by atoms with E-state index in [1.807, 2.05) is 30.3 Å². The van der Waals surface area contributed by atoms with Crippen molar-refractivity contribution in [3.63, 3.8) is 0 Å². The van der Waals surface area contributed by atoms with Gasteiger partial charge in [-0.3, -0.25) is 0 Å². The highest BCUT2D eigenvalue weighted by Gasteiger charge is 2.11. The number of para-hydroxylation sites is 1. The van der Waals surface area contributed by atoms with Gasteiger partial charge in [0.1, 0.15) is 0 Å². The Labute approximate surface area is 140 Å². The van der Waals surface area contributed by atoms with E-state index in [0.717, 1.165) is 44.7 Å². The van der Waals surface area contributed by atoms with Crippen molar-refractivity contribution >= 4 is 37.5 Å². The molecule has 0 spiro atoms. The molecule has 5 heteroatoms. The van der Waals surface area contributed by atoms with E-state index in [2.05, 4.69) is 43.2 Å². The summed E-state index contributed by atoms with van der Waals surface area (Å²) in [6.07, 6.45) is 0.923. The van der Waals surface area contributed by atoms with Crippen molar-refractivity contribution in [3.8, 4) is 11.5 Å². The van der Waals surface area contributed by atoms with Gasteiger partial charge >= 0.3 is 0 Å². The van der Waals surface area contributed by atoms with Gasteiger partial charge in [-0.05, 0) is 61.7 Å². The minimum Gasteiger partial charge on any atom is -0.490 e. The van der Waals surface area contributed by atoms with Gasteiger partial charge < -0.3 is 14.8 Å². The van der Waals surface area contributed by atoms with Gasteiger partial charge in [0.05, 0.1) is 18.9 Å². The summed E-state index contributed by atoms with van der Waals surface area (Å²) in [7, 11) is 0. The van der Waals surface area contributed by atoms with Crippen LogP contribution >= 0.6 is 31.9 Å². The van der Waals surface area contributed by atoms with Gasteiger partial charge in [0, 0.05) is 21.9 Å². The Kier molecular flexibility index (Phi) is 4.70. The minimum atomic E-state index is 0.708. The Balaban J connectivity index is 1.75. The third kappa shape index (κ3) is 3.52. The van der Waals surface area contributed by atoms with Crippen molar-refractivity contribution in [2.45, 2.75) is 13.0 Å². The lowest BCUT2D eigenvalue weighted by atomic mass is 10.2. The standard InChI is InChI=1S/C16H15Br2NO2/c17-12-3-1-4-13(18)16(12)19-10-11-5-6-14-15(9-11)21-8-2-7-20-14/h1,3-6,9,19H,2,7-8,10H2. The number of hydrogen-bond donors (Lipinski definition) is 1. The molecule has 0 atom stereocenters. The second-order valence-corrected chi connectivity index (χ2v) is 6.49. The van der Waals surface area contributed by atoms with Gasteiger partial charge in [-0.25, -0.2) is 0 Å². The molecule has 1 aliphatic rings. The maximum absolute atomic E-state index is 5.72. The van der Waals surface area contributed by atoms with Crippen LogP contribution in [0.2, 0.25) is 0 Å². The molecule has 110 valence electrons. The average Bonchev–Trinajstić information content (AvgIpc) is 2.71. The summed E-state index contributed by atoms with van der Waals surface area (Å²) in [5, 5.41) is 3.43. The van der Waals surface area contributed by atoms with Gasteiger partial charge in [0.2, 0.25) is 0 Å². The fourth-order valence-corrected chi connectivity index (χ4v) is 3.45. The van der Waals surface area contributed by atoms with Crippen LogP contribution in [0.15, 0.2) is 45.3 Å². The fraction of sp³-hybridized carbons (Fsp3) is 0.250. The molecule has 21 heavy (non-hydrogen) atoms. The maximum Gasteiger partial charge on any atom is 0.161 e. The van der Waals surface area contributed by atoms with E-state index in [4.69, 9.17) is 9.47 Å². The summed E-state index contributed by atoms with van der Waals surface area (Å²) in [4.78, 5) is 0. The summed E-state index contributed by atoms with van der Waals surface area (Å²) in [5.41, 5.74) is 2.20. The zero-order chi connectivity index (χ0) is 14.7. The lowest BCUT2D eigenvalue weighted by Crippen LogP contribution is -2.02. The zero-order valence-electron chi connectivity index (χ0n) is 11.4. The molecule has 0 amide bonds. The minimum absolute atomic E-state index is 0.708. The normalized spacial score (nSPS) is 13.6. The van der Waals surface area contributed by atoms with Crippen molar-refractivity contribution in [3.05, 3.63) is 50.9 Å². The number of ether oxygens (including phenoxy) is 2. The molecule has 2 aromatic carbocycles. The Morgan fingerprint density at radius 3 is 2.43 bits per heavy atom. The lowest BCUT2D eigenvalue weighted by molar-refractivity contribution is 0.297. The highest BCUT2D eigenvalue weighted by atomic mass is 79.9. The second kappa shape index (κ2) is 6.71. The SMILES string of the molecule is Brc1cccc(Br)c1NCc1ccc2c(c1)OCCCO2. The molecule has 0 aliphatic carbocycles. The van der Waals surface area contributed by atoms with Crippen molar-refractivity contribution < 1.29 is 9.47 Å². The Hall–Kier alpha value is -1.20. The molecule has 3 rings (SSSR count). The van der Waals surface area contributed by atoms with Gasteiger partial charge in [-0.2, -0.15) is 0 Å². The number of halogens is 2. The lowest BCUT2D eigenvalue weighted by Gasteiger charge is -2.13. The third-order valence-corrected chi connectivity index (χ3v) is 4.57. The number of fused-ring (bicyclic) bond motifs is 1. The second-order valence-electron chi connectivity index (χ2n) is 4.78. The number of nitrogens with one attached hydrogen (secondary N) is 1. The number of rotatable bonds is 3. The first kappa shape index (κ1) is 14.7. The number of hydrogen-bond acceptors (Lipinski definition) is 3. The smallest absolute Gasteiger partial charge is 0.161 e. The molecular formula is C16H15Br2NO2. The monoisotopic (exact) mass is 411 g/mol. The Morgan fingerprint density at radius 2 is 1.67 bits per heavy atom. The summed E-state index contributed by atoms with van der Waals surface area (Å²) in [6.45, 7) is 2.14. The van der Waals surface area contributed by atoms with Crippen molar-refractivity contribution in [1.29, 1.82) is 0 Å². The number of anilines is 1. The molecular weight excluding hydrogens is 398 g/mol. The summed E-state index contributed by atoms with van der Waals surface area (Å²) >= 11 is 7.11. The van der Waals surface area contributed by atoms with Gasteiger partial charge in [0.15, 0.2) is 11.5 Å². The predicted molar refractivity (Wildman–Crippen MR) is 91.2 cm³/mol. The van der Waals surface area contributed by atoms with Crippen molar-refractivity contribution in [2.75, 3.05) is 18.5 Å². The maximum atomic E-state index is 5.72. The molecule has 2 aromatic rings. The average molecular weight is 413 g/mol.